The molecule has 0 aromatic rings. The van der Waals surface area contributed by atoms with Crippen LogP contribution in [-0.4, -0.2) is 43.5 Å². The largest absolute Gasteiger partial charge is 0.355 e. The van der Waals surface area contributed by atoms with E-state index in [1.807, 2.05) is 0 Å². The lowest BCUT2D eigenvalue weighted by molar-refractivity contribution is -0.129. The summed E-state index contributed by atoms with van der Waals surface area (Å²) in [6.07, 6.45) is 4.92. The number of amides is 1. The highest BCUT2D eigenvalue weighted by Gasteiger charge is 2.39. The molecule has 88 valence electrons. The molecule has 1 rings (SSSR count). The van der Waals surface area contributed by atoms with Crippen molar-refractivity contribution in [1.82, 2.24) is 10.2 Å². The van der Waals surface area contributed by atoms with Gasteiger partial charge < -0.3 is 16.0 Å². The Balaban J connectivity index is 2.02. The smallest absolute Gasteiger partial charge is 0.240 e. The highest BCUT2D eigenvalue weighted by Crippen LogP contribution is 2.28. The summed E-state index contributed by atoms with van der Waals surface area (Å²) in [4.78, 5) is 13.7. The SMILES string of the molecule is CN(C)CCCCNC(=O)C1(N)CCC1. The Labute approximate surface area is 92.2 Å². The third kappa shape index (κ3) is 3.80. The lowest BCUT2D eigenvalue weighted by Crippen LogP contribution is -2.58. The van der Waals surface area contributed by atoms with Crippen LogP contribution in [0.4, 0.5) is 0 Å². The topological polar surface area (TPSA) is 58.4 Å². The molecule has 3 N–H and O–H groups in total. The van der Waals surface area contributed by atoms with Gasteiger partial charge in [0.15, 0.2) is 0 Å². The van der Waals surface area contributed by atoms with Gasteiger partial charge in [-0.3, -0.25) is 4.79 Å². The number of carbonyl (C=O) groups is 1. The lowest BCUT2D eigenvalue weighted by atomic mass is 9.77. The van der Waals surface area contributed by atoms with Crippen LogP contribution in [0, 0.1) is 0 Å². The Morgan fingerprint density at radius 2 is 2.07 bits per heavy atom. The fourth-order valence-corrected chi connectivity index (χ4v) is 1.72. The molecule has 1 amide bonds. The second kappa shape index (κ2) is 5.47. The number of nitrogens with zero attached hydrogens (tertiary/aromatic N) is 1. The maximum Gasteiger partial charge on any atom is 0.240 e. The summed E-state index contributed by atoms with van der Waals surface area (Å²) >= 11 is 0. The van der Waals surface area contributed by atoms with Crippen LogP contribution in [0.1, 0.15) is 32.1 Å². The molecule has 1 saturated carbocycles. The van der Waals surface area contributed by atoms with Crippen LogP contribution in [0.5, 0.6) is 0 Å². The van der Waals surface area contributed by atoms with Crippen molar-refractivity contribution in [3.05, 3.63) is 0 Å². The van der Waals surface area contributed by atoms with E-state index in [4.69, 9.17) is 5.73 Å². The highest BCUT2D eigenvalue weighted by molar-refractivity contribution is 5.86. The van der Waals surface area contributed by atoms with Crippen molar-refractivity contribution in [2.24, 2.45) is 5.73 Å². The monoisotopic (exact) mass is 213 g/mol. The van der Waals surface area contributed by atoms with Gasteiger partial charge >= 0.3 is 0 Å². The Kier molecular flexibility index (Phi) is 4.54. The van der Waals surface area contributed by atoms with Crippen molar-refractivity contribution in [3.8, 4) is 0 Å². The van der Waals surface area contributed by atoms with Gasteiger partial charge in [0, 0.05) is 6.54 Å². The van der Waals surface area contributed by atoms with Crippen LogP contribution >= 0.6 is 0 Å². The minimum absolute atomic E-state index is 0.0404. The quantitative estimate of drug-likeness (QED) is 0.625. The number of nitrogens with two attached hydrogens (primary N) is 1. The average molecular weight is 213 g/mol. The number of carbonyl (C=O) groups excluding carboxylic acids is 1. The van der Waals surface area contributed by atoms with Crippen molar-refractivity contribution in [3.63, 3.8) is 0 Å². The molecular weight excluding hydrogens is 190 g/mol. The van der Waals surface area contributed by atoms with E-state index < -0.39 is 5.54 Å². The molecule has 1 aliphatic carbocycles. The second-order valence-electron chi connectivity index (χ2n) is 4.78. The van der Waals surface area contributed by atoms with E-state index in [9.17, 15) is 4.79 Å². The van der Waals surface area contributed by atoms with Crippen molar-refractivity contribution in [2.45, 2.75) is 37.6 Å². The average Bonchev–Trinajstić information content (AvgIpc) is 2.12. The zero-order valence-electron chi connectivity index (χ0n) is 9.88. The zero-order valence-corrected chi connectivity index (χ0v) is 9.88. The predicted octanol–water partition coefficient (Wildman–Crippen LogP) is 0.326. The van der Waals surface area contributed by atoms with Gasteiger partial charge in [0.2, 0.25) is 5.91 Å². The fraction of sp³-hybridized carbons (Fsp3) is 0.909. The number of nitrogens with one attached hydrogen (secondary N) is 1. The standard InChI is InChI=1S/C11H23N3O/c1-14(2)9-4-3-8-13-10(15)11(12)6-5-7-11/h3-9,12H2,1-2H3,(H,13,15). The van der Waals surface area contributed by atoms with E-state index in [0.717, 1.165) is 45.2 Å². The number of rotatable bonds is 6. The summed E-state index contributed by atoms with van der Waals surface area (Å²) in [5.41, 5.74) is 5.35. The van der Waals surface area contributed by atoms with Gasteiger partial charge in [-0.15, -0.1) is 0 Å². The molecule has 0 radical (unpaired) electrons. The van der Waals surface area contributed by atoms with Gasteiger partial charge in [0.25, 0.3) is 0 Å². The molecular formula is C11H23N3O. The Hall–Kier alpha value is -0.610. The van der Waals surface area contributed by atoms with E-state index in [0.29, 0.717) is 0 Å². The predicted molar refractivity (Wildman–Crippen MR) is 61.6 cm³/mol. The molecule has 4 nitrogen and oxygen atoms in total. The van der Waals surface area contributed by atoms with Crippen LogP contribution in [0.25, 0.3) is 0 Å². The van der Waals surface area contributed by atoms with Crippen LogP contribution in [-0.2, 0) is 4.79 Å². The van der Waals surface area contributed by atoms with Crippen LogP contribution in [0.3, 0.4) is 0 Å². The summed E-state index contributed by atoms with van der Waals surface area (Å²) < 4.78 is 0. The molecule has 0 aromatic heterocycles. The van der Waals surface area contributed by atoms with Crippen LogP contribution < -0.4 is 11.1 Å². The minimum Gasteiger partial charge on any atom is -0.355 e. The molecule has 0 saturated heterocycles. The normalized spacial score (nSPS) is 18.7. The Morgan fingerprint density at radius 1 is 1.40 bits per heavy atom. The fourth-order valence-electron chi connectivity index (χ4n) is 1.72. The third-order valence-electron chi connectivity index (χ3n) is 3.02. The maximum absolute atomic E-state index is 11.6. The molecule has 0 aromatic carbocycles. The van der Waals surface area contributed by atoms with Crippen LogP contribution in [0.15, 0.2) is 0 Å². The molecule has 4 heteroatoms. The number of unbranched alkanes of at least 4 members (excludes halogenated alkanes) is 1. The van der Waals surface area contributed by atoms with Gasteiger partial charge in [-0.25, -0.2) is 0 Å². The number of hydrogen-bond donors (Lipinski definition) is 2. The molecule has 0 bridgehead atoms. The van der Waals surface area contributed by atoms with Crippen molar-refractivity contribution in [2.75, 3.05) is 27.2 Å². The third-order valence-corrected chi connectivity index (χ3v) is 3.02. The van der Waals surface area contributed by atoms with Gasteiger partial charge in [-0.05, 0) is 52.7 Å². The summed E-state index contributed by atoms with van der Waals surface area (Å²) in [6, 6.07) is 0. The minimum atomic E-state index is -0.540. The van der Waals surface area contributed by atoms with Crippen LogP contribution in [0.2, 0.25) is 0 Å². The van der Waals surface area contributed by atoms with Gasteiger partial charge in [-0.2, -0.15) is 0 Å². The van der Waals surface area contributed by atoms with E-state index in [1.54, 1.807) is 0 Å². The van der Waals surface area contributed by atoms with Crippen molar-refractivity contribution in [1.29, 1.82) is 0 Å². The molecule has 0 unspecified atom stereocenters. The summed E-state index contributed by atoms with van der Waals surface area (Å²) in [5.74, 6) is 0.0404. The van der Waals surface area contributed by atoms with Crippen molar-refractivity contribution < 1.29 is 4.79 Å². The number of hydrogen-bond acceptors (Lipinski definition) is 3. The first-order valence-electron chi connectivity index (χ1n) is 5.76. The maximum atomic E-state index is 11.6. The summed E-state index contributed by atoms with van der Waals surface area (Å²) in [6.45, 7) is 1.83. The lowest BCUT2D eigenvalue weighted by Gasteiger charge is -2.36. The Morgan fingerprint density at radius 3 is 2.53 bits per heavy atom. The van der Waals surface area contributed by atoms with E-state index >= 15 is 0 Å². The van der Waals surface area contributed by atoms with Crippen molar-refractivity contribution >= 4 is 5.91 Å². The first kappa shape index (κ1) is 12.5. The van der Waals surface area contributed by atoms with Gasteiger partial charge in [-0.1, -0.05) is 0 Å². The van der Waals surface area contributed by atoms with E-state index in [2.05, 4.69) is 24.3 Å². The summed E-state index contributed by atoms with van der Waals surface area (Å²) in [5, 5.41) is 2.92. The Bertz CT molecular complexity index is 212. The summed E-state index contributed by atoms with van der Waals surface area (Å²) in [7, 11) is 4.11. The molecule has 0 atom stereocenters. The van der Waals surface area contributed by atoms with Gasteiger partial charge in [0.05, 0.1) is 5.54 Å². The first-order valence-corrected chi connectivity index (χ1v) is 5.76. The molecule has 1 fully saturated rings. The highest BCUT2D eigenvalue weighted by atomic mass is 16.2. The molecule has 1 aliphatic rings. The van der Waals surface area contributed by atoms with E-state index in [1.165, 1.54) is 0 Å². The van der Waals surface area contributed by atoms with Gasteiger partial charge in [0.1, 0.15) is 0 Å². The molecule has 0 aliphatic heterocycles. The zero-order chi connectivity index (χ0) is 11.3. The molecule has 0 heterocycles. The molecule has 15 heavy (non-hydrogen) atoms. The first-order chi connectivity index (χ1) is 7.04. The second-order valence-corrected chi connectivity index (χ2v) is 4.78. The van der Waals surface area contributed by atoms with E-state index in [-0.39, 0.29) is 5.91 Å². The molecule has 0 spiro atoms.